The van der Waals surface area contributed by atoms with Crippen LogP contribution in [-0.2, 0) is 31.5 Å². The van der Waals surface area contributed by atoms with Crippen LogP contribution in [0.4, 0.5) is 0 Å². The number of nitrogens with zero attached hydrogens (tertiary/aromatic N) is 4. The van der Waals surface area contributed by atoms with Gasteiger partial charge in [0.1, 0.15) is 0 Å². The zero-order chi connectivity index (χ0) is 22.4. The highest BCUT2D eigenvalue weighted by Crippen LogP contribution is 2.19. The predicted octanol–water partition coefficient (Wildman–Crippen LogP) is 2.58. The van der Waals surface area contributed by atoms with Crippen molar-refractivity contribution in [3.63, 3.8) is 0 Å². The molecule has 168 valence electrons. The summed E-state index contributed by atoms with van der Waals surface area (Å²) in [6.07, 6.45) is 3.82. The average molecular weight is 445 g/mol. The molecule has 7 nitrogen and oxygen atoms in total. The van der Waals surface area contributed by atoms with Gasteiger partial charge in [-0.3, -0.25) is 14.7 Å². The molecule has 1 atom stereocenters. The fourth-order valence-corrected chi connectivity index (χ4v) is 4.41. The van der Waals surface area contributed by atoms with E-state index in [1.165, 1.54) is 11.1 Å². The van der Waals surface area contributed by atoms with Crippen molar-refractivity contribution in [1.29, 1.82) is 0 Å². The molecule has 0 aliphatic carbocycles. The van der Waals surface area contributed by atoms with Crippen molar-refractivity contribution in [3.05, 3.63) is 58.4 Å². The number of carbonyl (C=O) groups is 1. The van der Waals surface area contributed by atoms with E-state index in [-0.39, 0.29) is 11.8 Å². The minimum absolute atomic E-state index is 0.0310. The van der Waals surface area contributed by atoms with E-state index in [9.17, 15) is 4.79 Å². The Bertz CT molecular complexity index is 925. The quantitative estimate of drug-likeness (QED) is 0.508. The number of piperidine rings is 1. The van der Waals surface area contributed by atoms with Gasteiger partial charge >= 0.3 is 0 Å². The van der Waals surface area contributed by atoms with E-state index in [2.05, 4.69) is 44.4 Å². The third-order valence-electron chi connectivity index (χ3n) is 5.80. The molecule has 1 unspecified atom stereocenters. The van der Waals surface area contributed by atoms with Gasteiger partial charge < -0.3 is 20.5 Å². The number of likely N-dealkylation sites (tertiary alicyclic amines) is 1. The first-order valence-electron chi connectivity index (χ1n) is 10.7. The van der Waals surface area contributed by atoms with Gasteiger partial charge in [-0.25, -0.2) is 0 Å². The molecule has 2 heterocycles. The number of aromatic nitrogens is 1. The highest BCUT2D eigenvalue weighted by molar-refractivity contribution is 6.30. The van der Waals surface area contributed by atoms with Gasteiger partial charge in [0.2, 0.25) is 5.91 Å². The lowest BCUT2D eigenvalue weighted by molar-refractivity contribution is -0.123. The predicted molar refractivity (Wildman–Crippen MR) is 126 cm³/mol. The highest BCUT2D eigenvalue weighted by Gasteiger charge is 2.23. The summed E-state index contributed by atoms with van der Waals surface area (Å²) in [7, 11) is 5.79. The smallest absolute Gasteiger partial charge is 0.221 e. The van der Waals surface area contributed by atoms with Crippen molar-refractivity contribution in [2.75, 3.05) is 27.2 Å². The van der Waals surface area contributed by atoms with Crippen LogP contribution in [0.3, 0.4) is 0 Å². The van der Waals surface area contributed by atoms with E-state index < -0.39 is 0 Å². The molecule has 1 saturated heterocycles. The van der Waals surface area contributed by atoms with E-state index in [4.69, 9.17) is 17.3 Å². The summed E-state index contributed by atoms with van der Waals surface area (Å²) in [6, 6.07) is 10.5. The first-order chi connectivity index (χ1) is 14.9. The second-order valence-electron chi connectivity index (χ2n) is 8.31. The largest absolute Gasteiger partial charge is 0.369 e. The number of rotatable bonds is 7. The van der Waals surface area contributed by atoms with Crippen LogP contribution in [0.5, 0.6) is 0 Å². The van der Waals surface area contributed by atoms with Crippen LogP contribution in [-0.4, -0.2) is 53.4 Å². The van der Waals surface area contributed by atoms with Crippen molar-refractivity contribution in [3.8, 4) is 0 Å². The van der Waals surface area contributed by atoms with Gasteiger partial charge in [-0.2, -0.15) is 0 Å². The zero-order valence-corrected chi connectivity index (χ0v) is 19.4. The number of halogens is 1. The molecule has 0 radical (unpaired) electrons. The van der Waals surface area contributed by atoms with Crippen molar-refractivity contribution in [2.45, 2.75) is 32.5 Å². The van der Waals surface area contributed by atoms with Crippen molar-refractivity contribution in [2.24, 2.45) is 23.7 Å². The monoisotopic (exact) mass is 444 g/mol. The van der Waals surface area contributed by atoms with Gasteiger partial charge in [0.05, 0.1) is 17.5 Å². The molecule has 8 heteroatoms. The van der Waals surface area contributed by atoms with E-state index >= 15 is 0 Å². The molecule has 0 saturated carbocycles. The molecule has 0 bridgehead atoms. The first-order valence-corrected chi connectivity index (χ1v) is 11.1. The van der Waals surface area contributed by atoms with E-state index in [0.29, 0.717) is 13.1 Å². The average Bonchev–Trinajstić information content (AvgIpc) is 3.05. The third-order valence-corrected chi connectivity index (χ3v) is 6.01. The number of nitrogens with one attached hydrogen (secondary N) is 1. The maximum atomic E-state index is 11.5. The Labute approximate surface area is 189 Å². The van der Waals surface area contributed by atoms with Crippen LogP contribution in [0, 0.1) is 5.92 Å². The van der Waals surface area contributed by atoms with E-state index in [1.54, 1.807) is 7.05 Å². The van der Waals surface area contributed by atoms with E-state index in [1.807, 2.05) is 30.9 Å². The minimum Gasteiger partial charge on any atom is -0.369 e. The molecule has 1 aliphatic rings. The fraction of sp³-hybridized carbons (Fsp3) is 0.478. The number of nitrogens with two attached hydrogens (primary N) is 1. The second kappa shape index (κ2) is 10.7. The number of hydrogen-bond donors (Lipinski definition) is 2. The molecule has 2 aromatic rings. The van der Waals surface area contributed by atoms with Crippen LogP contribution < -0.4 is 11.1 Å². The third kappa shape index (κ3) is 6.48. The number of aryl methyl sites for hydroxylation is 1. The maximum Gasteiger partial charge on any atom is 0.221 e. The van der Waals surface area contributed by atoms with Gasteiger partial charge in [-0.1, -0.05) is 35.9 Å². The van der Waals surface area contributed by atoms with Crippen LogP contribution >= 0.6 is 11.6 Å². The van der Waals surface area contributed by atoms with Crippen LogP contribution in [0.25, 0.3) is 0 Å². The SMILES string of the molecule is CN=C(NCc1cccc(CN2CCCC(C(N)=O)C2)c1)N(C)Cc1cc(Cl)cn1C. The van der Waals surface area contributed by atoms with Crippen LogP contribution in [0.15, 0.2) is 41.5 Å². The number of aliphatic imine (C=N–C) groups is 1. The lowest BCUT2D eigenvalue weighted by Gasteiger charge is -2.31. The number of carbonyl (C=O) groups excluding carboxylic acids is 1. The molecule has 3 N–H and O–H groups in total. The molecular formula is C23H33ClN6O. The topological polar surface area (TPSA) is 78.9 Å². The molecule has 3 rings (SSSR count). The summed E-state index contributed by atoms with van der Waals surface area (Å²) in [6.45, 7) is 3.98. The van der Waals surface area contributed by atoms with Gasteiger partial charge in [-0.05, 0) is 36.6 Å². The molecule has 31 heavy (non-hydrogen) atoms. The standard InChI is InChI=1S/C23H33ClN6O/c1-26-23(29(3)16-21-11-20(24)15-28(21)2)27-12-17-6-4-7-18(10-17)13-30-9-5-8-19(14-30)22(25)31/h4,6-7,10-11,15,19H,5,8-9,12-14,16H2,1-3H3,(H2,25,31)(H,26,27). The molecular weight excluding hydrogens is 412 g/mol. The fourth-order valence-electron chi connectivity index (χ4n) is 4.13. The Kier molecular flexibility index (Phi) is 7.98. The maximum absolute atomic E-state index is 11.5. The summed E-state index contributed by atoms with van der Waals surface area (Å²) in [5.41, 5.74) is 9.07. The van der Waals surface area contributed by atoms with Gasteiger partial charge in [0.15, 0.2) is 5.96 Å². The summed E-state index contributed by atoms with van der Waals surface area (Å²) in [4.78, 5) is 20.4. The highest BCUT2D eigenvalue weighted by atomic mass is 35.5. The number of amides is 1. The Balaban J connectivity index is 1.56. The van der Waals surface area contributed by atoms with Crippen molar-refractivity contribution < 1.29 is 4.79 Å². The summed E-state index contributed by atoms with van der Waals surface area (Å²) in [5, 5.41) is 4.18. The van der Waals surface area contributed by atoms with Crippen LogP contribution in [0.1, 0.15) is 29.7 Å². The molecule has 1 aliphatic heterocycles. The second-order valence-corrected chi connectivity index (χ2v) is 8.75. The Hall–Kier alpha value is -2.51. The number of benzene rings is 1. The van der Waals surface area contributed by atoms with Gasteiger partial charge in [0, 0.05) is 52.7 Å². The first kappa shape index (κ1) is 23.2. The summed E-state index contributed by atoms with van der Waals surface area (Å²) >= 11 is 6.10. The minimum atomic E-state index is -0.184. The normalized spacial score (nSPS) is 17.5. The molecule has 1 aromatic heterocycles. The lowest BCUT2D eigenvalue weighted by Crippen LogP contribution is -2.40. The van der Waals surface area contributed by atoms with Crippen molar-refractivity contribution in [1.82, 2.24) is 19.7 Å². The number of guanidine groups is 1. The van der Waals surface area contributed by atoms with Crippen molar-refractivity contribution >= 4 is 23.5 Å². The Morgan fingerprint density at radius 3 is 2.81 bits per heavy atom. The molecule has 1 fully saturated rings. The van der Waals surface area contributed by atoms with Crippen LogP contribution in [0.2, 0.25) is 5.02 Å². The Morgan fingerprint density at radius 2 is 2.13 bits per heavy atom. The van der Waals surface area contributed by atoms with E-state index in [0.717, 1.165) is 49.2 Å². The number of hydrogen-bond acceptors (Lipinski definition) is 3. The van der Waals surface area contributed by atoms with Gasteiger partial charge in [0.25, 0.3) is 0 Å². The summed E-state index contributed by atoms with van der Waals surface area (Å²) in [5.74, 6) is 0.607. The molecule has 0 spiro atoms. The van der Waals surface area contributed by atoms with Gasteiger partial charge in [-0.15, -0.1) is 0 Å². The molecule has 1 amide bonds. The molecule has 1 aromatic carbocycles. The Morgan fingerprint density at radius 1 is 1.35 bits per heavy atom. The number of primary amides is 1. The lowest BCUT2D eigenvalue weighted by atomic mass is 9.97. The summed E-state index contributed by atoms with van der Waals surface area (Å²) < 4.78 is 2.03. The zero-order valence-electron chi connectivity index (χ0n) is 18.6.